The fraction of sp³-hybridized carbons (Fsp3) is 0.250. The Hall–Kier alpha value is -0.680. The van der Waals surface area contributed by atoms with E-state index in [1.807, 2.05) is 0 Å². The van der Waals surface area contributed by atoms with Crippen molar-refractivity contribution in [2.45, 2.75) is 5.88 Å². The molecule has 0 aliphatic heterocycles. The molecule has 0 saturated carbocycles. The molecule has 0 aliphatic carbocycles. The predicted molar refractivity (Wildman–Crippen MR) is 36.4 cm³/mol. The Bertz CT molecular complexity index is 249. The second kappa shape index (κ2) is 2.94. The van der Waals surface area contributed by atoms with Crippen molar-refractivity contribution in [1.29, 1.82) is 0 Å². The van der Waals surface area contributed by atoms with Crippen LogP contribution in [0.2, 0.25) is 0 Å². The lowest BCUT2D eigenvalue weighted by Gasteiger charge is -1.86. The molecular formula is C4H3ClN2O2S. The van der Waals surface area contributed by atoms with E-state index in [1.165, 1.54) is 0 Å². The van der Waals surface area contributed by atoms with Gasteiger partial charge in [-0.3, -0.25) is 0 Å². The Kier molecular flexibility index (Phi) is 2.18. The quantitative estimate of drug-likeness (QED) is 0.686. The van der Waals surface area contributed by atoms with Gasteiger partial charge in [-0.25, -0.2) is 4.79 Å². The zero-order valence-corrected chi connectivity index (χ0v) is 6.32. The van der Waals surface area contributed by atoms with Gasteiger partial charge in [0, 0.05) is 0 Å². The minimum absolute atomic E-state index is 0.0954. The van der Waals surface area contributed by atoms with Crippen LogP contribution < -0.4 is 0 Å². The number of alkyl halides is 1. The molecule has 0 bridgehead atoms. The molecule has 0 unspecified atom stereocenters. The highest BCUT2D eigenvalue weighted by molar-refractivity contribution is 7.07. The van der Waals surface area contributed by atoms with E-state index in [2.05, 4.69) is 9.59 Å². The zero-order chi connectivity index (χ0) is 7.56. The third-order valence-corrected chi connectivity index (χ3v) is 1.89. The number of carboxylic acids is 1. The van der Waals surface area contributed by atoms with E-state index >= 15 is 0 Å². The maximum Gasteiger partial charge on any atom is 0.349 e. The van der Waals surface area contributed by atoms with Gasteiger partial charge >= 0.3 is 5.97 Å². The number of aromatic nitrogens is 2. The summed E-state index contributed by atoms with van der Waals surface area (Å²) in [7, 11) is 0. The molecule has 0 amide bonds. The van der Waals surface area contributed by atoms with Gasteiger partial charge in [0.15, 0.2) is 4.88 Å². The molecule has 0 saturated heterocycles. The lowest BCUT2D eigenvalue weighted by atomic mass is 10.4. The molecule has 1 N–H and O–H groups in total. The predicted octanol–water partition coefficient (Wildman–Crippen LogP) is 0.975. The monoisotopic (exact) mass is 178 g/mol. The first kappa shape index (κ1) is 7.43. The van der Waals surface area contributed by atoms with Gasteiger partial charge in [0.25, 0.3) is 0 Å². The number of rotatable bonds is 2. The van der Waals surface area contributed by atoms with E-state index in [0.717, 1.165) is 11.5 Å². The van der Waals surface area contributed by atoms with E-state index in [1.54, 1.807) is 0 Å². The lowest BCUT2D eigenvalue weighted by molar-refractivity contribution is 0.0701. The van der Waals surface area contributed by atoms with Crippen molar-refractivity contribution < 1.29 is 9.90 Å². The molecule has 0 atom stereocenters. The van der Waals surface area contributed by atoms with Gasteiger partial charge in [-0.2, -0.15) is 0 Å². The molecule has 10 heavy (non-hydrogen) atoms. The van der Waals surface area contributed by atoms with Gasteiger partial charge in [-0.05, 0) is 11.5 Å². The van der Waals surface area contributed by atoms with E-state index < -0.39 is 5.97 Å². The topological polar surface area (TPSA) is 63.1 Å². The van der Waals surface area contributed by atoms with Crippen molar-refractivity contribution in [3.05, 3.63) is 10.6 Å². The lowest BCUT2D eigenvalue weighted by Crippen LogP contribution is -1.96. The Morgan fingerprint density at radius 3 is 2.90 bits per heavy atom. The number of nitrogens with zero attached hydrogens (tertiary/aromatic N) is 2. The summed E-state index contributed by atoms with van der Waals surface area (Å²) in [6, 6.07) is 0. The fourth-order valence-electron chi connectivity index (χ4n) is 0.459. The molecule has 1 rings (SSSR count). The van der Waals surface area contributed by atoms with Gasteiger partial charge in [0.05, 0.1) is 5.88 Å². The molecule has 0 aromatic carbocycles. The van der Waals surface area contributed by atoms with E-state index in [-0.39, 0.29) is 10.8 Å². The summed E-state index contributed by atoms with van der Waals surface area (Å²) in [5.41, 5.74) is 0.333. The van der Waals surface area contributed by atoms with Crippen LogP contribution >= 0.6 is 23.1 Å². The molecule has 1 aromatic heterocycles. The Balaban J connectivity index is 3.01. The highest BCUT2D eigenvalue weighted by Crippen LogP contribution is 2.11. The Morgan fingerprint density at radius 2 is 2.50 bits per heavy atom. The maximum absolute atomic E-state index is 10.3. The third-order valence-electron chi connectivity index (χ3n) is 0.877. The van der Waals surface area contributed by atoms with Gasteiger partial charge in [-0.1, -0.05) is 4.49 Å². The van der Waals surface area contributed by atoms with Crippen LogP contribution in [0.3, 0.4) is 0 Å². The molecule has 1 heterocycles. The molecule has 4 nitrogen and oxygen atoms in total. The van der Waals surface area contributed by atoms with Crippen LogP contribution in [0.1, 0.15) is 15.4 Å². The minimum Gasteiger partial charge on any atom is -0.477 e. The zero-order valence-electron chi connectivity index (χ0n) is 4.74. The van der Waals surface area contributed by atoms with Crippen LogP contribution in [0.4, 0.5) is 0 Å². The standard InChI is InChI=1S/C4H3ClN2O2S/c5-1-2-3(4(8)9)10-7-6-2/h1H2,(H,8,9). The number of carbonyl (C=O) groups is 1. The Labute approximate surface area is 65.6 Å². The largest absolute Gasteiger partial charge is 0.477 e. The van der Waals surface area contributed by atoms with E-state index in [4.69, 9.17) is 16.7 Å². The number of carboxylic acid groups (broad SMARTS) is 1. The van der Waals surface area contributed by atoms with Crippen LogP contribution in [0.15, 0.2) is 0 Å². The first-order chi connectivity index (χ1) is 4.75. The SMILES string of the molecule is O=C(O)c1snnc1CCl. The second-order valence-corrected chi connectivity index (χ2v) is 2.51. The maximum atomic E-state index is 10.3. The average molecular weight is 179 g/mol. The fourth-order valence-corrected chi connectivity index (χ4v) is 1.24. The van der Waals surface area contributed by atoms with E-state index in [9.17, 15) is 4.79 Å². The van der Waals surface area contributed by atoms with Gasteiger partial charge < -0.3 is 5.11 Å². The molecule has 0 radical (unpaired) electrons. The van der Waals surface area contributed by atoms with Crippen LogP contribution in [-0.2, 0) is 5.88 Å². The van der Waals surface area contributed by atoms with Crippen molar-refractivity contribution >= 4 is 29.1 Å². The second-order valence-electron chi connectivity index (χ2n) is 1.49. The van der Waals surface area contributed by atoms with E-state index in [0.29, 0.717) is 5.69 Å². The van der Waals surface area contributed by atoms with Crippen molar-refractivity contribution in [3.63, 3.8) is 0 Å². The van der Waals surface area contributed by atoms with Gasteiger partial charge in [-0.15, -0.1) is 16.7 Å². The van der Waals surface area contributed by atoms with Crippen LogP contribution in [0.5, 0.6) is 0 Å². The van der Waals surface area contributed by atoms with Crippen molar-refractivity contribution in [1.82, 2.24) is 9.59 Å². The molecule has 54 valence electrons. The molecule has 0 aliphatic rings. The van der Waals surface area contributed by atoms with Crippen LogP contribution in [-0.4, -0.2) is 20.7 Å². The van der Waals surface area contributed by atoms with Crippen LogP contribution in [0, 0.1) is 0 Å². The summed E-state index contributed by atoms with van der Waals surface area (Å²) >= 11 is 6.20. The molecular weight excluding hydrogens is 176 g/mol. The summed E-state index contributed by atoms with van der Waals surface area (Å²) in [6.45, 7) is 0. The smallest absolute Gasteiger partial charge is 0.349 e. The molecule has 6 heteroatoms. The number of hydrogen-bond acceptors (Lipinski definition) is 4. The summed E-state index contributed by atoms with van der Waals surface area (Å²) in [5.74, 6) is -0.927. The van der Waals surface area contributed by atoms with Gasteiger partial charge in [0.2, 0.25) is 0 Å². The summed E-state index contributed by atoms with van der Waals surface area (Å²) in [5, 5.41) is 12.0. The first-order valence-electron chi connectivity index (χ1n) is 2.36. The number of aromatic carboxylic acids is 1. The summed E-state index contributed by atoms with van der Waals surface area (Å²) in [6.07, 6.45) is 0. The molecule has 1 aromatic rings. The third kappa shape index (κ3) is 1.25. The first-order valence-corrected chi connectivity index (χ1v) is 3.67. The average Bonchev–Trinajstić information content (AvgIpc) is 2.33. The Morgan fingerprint density at radius 1 is 1.80 bits per heavy atom. The number of halogens is 1. The van der Waals surface area contributed by atoms with Gasteiger partial charge in [0.1, 0.15) is 5.69 Å². The van der Waals surface area contributed by atoms with Crippen LogP contribution in [0.25, 0.3) is 0 Å². The normalized spacial score (nSPS) is 9.70. The highest BCUT2D eigenvalue weighted by Gasteiger charge is 2.12. The molecule has 0 fully saturated rings. The number of hydrogen-bond donors (Lipinski definition) is 1. The molecule has 0 spiro atoms. The highest BCUT2D eigenvalue weighted by atomic mass is 35.5. The summed E-state index contributed by atoms with van der Waals surface area (Å²) in [4.78, 5) is 10.4. The summed E-state index contributed by atoms with van der Waals surface area (Å²) < 4.78 is 3.44. The van der Waals surface area contributed by atoms with Crippen molar-refractivity contribution in [2.75, 3.05) is 0 Å². The minimum atomic E-state index is -1.02. The van der Waals surface area contributed by atoms with Crippen molar-refractivity contribution in [2.24, 2.45) is 0 Å². The van der Waals surface area contributed by atoms with Crippen molar-refractivity contribution in [3.8, 4) is 0 Å².